The summed E-state index contributed by atoms with van der Waals surface area (Å²) in [7, 11) is 0. The van der Waals surface area contributed by atoms with Gasteiger partial charge in [-0.15, -0.1) is 0 Å². The standard InChI is InChI=1S/C10H6BrClFN3O/c11-6-3-5(12)1-2-8(6)17-9-7(13)4-15-10(14)16-9/h1-4H,(H2,14,15,16). The molecule has 1 heterocycles. The van der Waals surface area contributed by atoms with Crippen LogP contribution in [0.3, 0.4) is 0 Å². The average Bonchev–Trinajstić information content (AvgIpc) is 2.27. The summed E-state index contributed by atoms with van der Waals surface area (Å²) in [6, 6.07) is 4.83. The minimum Gasteiger partial charge on any atom is -0.435 e. The number of nitrogens with zero attached hydrogens (tertiary/aromatic N) is 2. The first-order chi connectivity index (χ1) is 8.06. The highest BCUT2D eigenvalue weighted by Crippen LogP contribution is 2.31. The third-order valence-corrected chi connectivity index (χ3v) is 2.69. The number of aromatic nitrogens is 2. The molecule has 1 aromatic carbocycles. The smallest absolute Gasteiger partial charge is 0.260 e. The number of hydrogen-bond donors (Lipinski definition) is 1. The van der Waals surface area contributed by atoms with Gasteiger partial charge in [0.1, 0.15) is 5.75 Å². The normalized spacial score (nSPS) is 10.3. The van der Waals surface area contributed by atoms with Crippen LogP contribution < -0.4 is 10.5 Å². The Balaban J connectivity index is 2.34. The summed E-state index contributed by atoms with van der Waals surface area (Å²) in [4.78, 5) is 7.14. The van der Waals surface area contributed by atoms with Crippen LogP contribution in [0.15, 0.2) is 28.9 Å². The van der Waals surface area contributed by atoms with Gasteiger partial charge < -0.3 is 10.5 Å². The molecule has 88 valence electrons. The molecule has 0 bridgehead atoms. The van der Waals surface area contributed by atoms with Crippen molar-refractivity contribution >= 4 is 33.5 Å². The lowest BCUT2D eigenvalue weighted by atomic mass is 10.3. The fraction of sp³-hybridized carbons (Fsp3) is 0. The fourth-order valence-electron chi connectivity index (χ4n) is 1.10. The number of benzene rings is 1. The highest BCUT2D eigenvalue weighted by Gasteiger charge is 2.10. The number of nitrogen functional groups attached to an aromatic ring is 1. The summed E-state index contributed by atoms with van der Waals surface area (Å²) in [6.45, 7) is 0. The third kappa shape index (κ3) is 2.83. The van der Waals surface area contributed by atoms with Gasteiger partial charge >= 0.3 is 0 Å². The van der Waals surface area contributed by atoms with Gasteiger partial charge in [-0.3, -0.25) is 0 Å². The van der Waals surface area contributed by atoms with Crippen LogP contribution >= 0.6 is 27.5 Å². The molecule has 0 fully saturated rings. The van der Waals surface area contributed by atoms with Gasteiger partial charge in [-0.1, -0.05) is 11.6 Å². The Morgan fingerprint density at radius 2 is 2.18 bits per heavy atom. The summed E-state index contributed by atoms with van der Waals surface area (Å²) >= 11 is 9.01. The number of anilines is 1. The molecular formula is C10H6BrClFN3O. The Bertz CT molecular complexity index is 567. The van der Waals surface area contributed by atoms with E-state index in [0.717, 1.165) is 6.20 Å². The van der Waals surface area contributed by atoms with E-state index in [1.165, 1.54) is 0 Å². The van der Waals surface area contributed by atoms with Gasteiger partial charge in [0.25, 0.3) is 5.88 Å². The van der Waals surface area contributed by atoms with Crippen molar-refractivity contribution in [2.45, 2.75) is 0 Å². The van der Waals surface area contributed by atoms with Crippen LogP contribution in [0.2, 0.25) is 5.02 Å². The van der Waals surface area contributed by atoms with Crippen molar-refractivity contribution in [3.63, 3.8) is 0 Å². The van der Waals surface area contributed by atoms with Gasteiger partial charge in [0, 0.05) is 5.02 Å². The predicted molar refractivity (Wildman–Crippen MR) is 65.6 cm³/mol. The zero-order chi connectivity index (χ0) is 12.4. The van der Waals surface area contributed by atoms with Crippen LogP contribution in [0.1, 0.15) is 0 Å². The fourth-order valence-corrected chi connectivity index (χ4v) is 1.86. The van der Waals surface area contributed by atoms with E-state index in [-0.39, 0.29) is 11.8 Å². The Hall–Kier alpha value is -1.40. The summed E-state index contributed by atoms with van der Waals surface area (Å²) in [5.74, 6) is -0.612. The molecule has 0 spiro atoms. The number of halogens is 3. The van der Waals surface area contributed by atoms with Crippen LogP contribution in [0.25, 0.3) is 0 Å². The van der Waals surface area contributed by atoms with Crippen molar-refractivity contribution < 1.29 is 9.13 Å². The Labute approximate surface area is 110 Å². The van der Waals surface area contributed by atoms with Gasteiger partial charge in [-0.05, 0) is 34.1 Å². The summed E-state index contributed by atoms with van der Waals surface area (Å²) < 4.78 is 19.2. The van der Waals surface area contributed by atoms with Crippen LogP contribution in [-0.2, 0) is 0 Å². The van der Waals surface area contributed by atoms with Gasteiger partial charge in [-0.25, -0.2) is 4.98 Å². The molecule has 0 unspecified atom stereocenters. The molecule has 2 aromatic rings. The first-order valence-corrected chi connectivity index (χ1v) is 5.64. The second kappa shape index (κ2) is 4.85. The molecule has 4 nitrogen and oxygen atoms in total. The molecule has 2 N–H and O–H groups in total. The van der Waals surface area contributed by atoms with E-state index >= 15 is 0 Å². The monoisotopic (exact) mass is 317 g/mol. The Morgan fingerprint density at radius 1 is 1.41 bits per heavy atom. The quantitative estimate of drug-likeness (QED) is 0.922. The van der Waals surface area contributed by atoms with Crippen molar-refractivity contribution in [2.24, 2.45) is 0 Å². The van der Waals surface area contributed by atoms with E-state index in [4.69, 9.17) is 22.1 Å². The van der Waals surface area contributed by atoms with Crippen molar-refractivity contribution in [1.29, 1.82) is 0 Å². The van der Waals surface area contributed by atoms with E-state index in [0.29, 0.717) is 15.2 Å². The second-order valence-corrected chi connectivity index (χ2v) is 4.35. The Morgan fingerprint density at radius 3 is 2.88 bits per heavy atom. The summed E-state index contributed by atoms with van der Waals surface area (Å²) in [5.41, 5.74) is 5.34. The molecule has 1 aromatic heterocycles. The summed E-state index contributed by atoms with van der Waals surface area (Å²) in [6.07, 6.45) is 0.946. The molecule has 0 aliphatic rings. The molecule has 0 radical (unpaired) electrons. The van der Waals surface area contributed by atoms with E-state index < -0.39 is 5.82 Å². The lowest BCUT2D eigenvalue weighted by Crippen LogP contribution is -1.99. The maximum absolute atomic E-state index is 13.3. The molecule has 0 saturated carbocycles. The average molecular weight is 319 g/mol. The number of hydrogen-bond acceptors (Lipinski definition) is 4. The lowest BCUT2D eigenvalue weighted by molar-refractivity contribution is 0.419. The predicted octanol–water partition coefficient (Wildman–Crippen LogP) is 3.41. The molecule has 0 aliphatic heterocycles. The molecule has 0 saturated heterocycles. The highest BCUT2D eigenvalue weighted by atomic mass is 79.9. The third-order valence-electron chi connectivity index (χ3n) is 1.83. The minimum absolute atomic E-state index is 0.0634. The molecule has 17 heavy (non-hydrogen) atoms. The van der Waals surface area contributed by atoms with E-state index in [1.807, 2.05) is 0 Å². The molecule has 2 rings (SSSR count). The maximum Gasteiger partial charge on any atom is 0.260 e. The van der Waals surface area contributed by atoms with Crippen molar-refractivity contribution in [3.05, 3.63) is 39.7 Å². The summed E-state index contributed by atoms with van der Waals surface area (Å²) in [5, 5.41) is 0.534. The molecular weight excluding hydrogens is 312 g/mol. The molecule has 0 aliphatic carbocycles. The van der Waals surface area contributed by atoms with Gasteiger partial charge in [0.05, 0.1) is 10.7 Å². The van der Waals surface area contributed by atoms with E-state index in [1.54, 1.807) is 18.2 Å². The van der Waals surface area contributed by atoms with Crippen molar-refractivity contribution in [3.8, 4) is 11.6 Å². The number of ether oxygens (including phenoxy) is 1. The van der Waals surface area contributed by atoms with Crippen molar-refractivity contribution in [1.82, 2.24) is 9.97 Å². The van der Waals surface area contributed by atoms with Crippen molar-refractivity contribution in [2.75, 3.05) is 5.73 Å². The highest BCUT2D eigenvalue weighted by molar-refractivity contribution is 9.10. The van der Waals surface area contributed by atoms with Crippen LogP contribution in [0, 0.1) is 5.82 Å². The van der Waals surface area contributed by atoms with Gasteiger partial charge in [-0.2, -0.15) is 9.37 Å². The Kier molecular flexibility index (Phi) is 3.44. The lowest BCUT2D eigenvalue weighted by Gasteiger charge is -2.07. The molecule has 7 heteroatoms. The largest absolute Gasteiger partial charge is 0.435 e. The van der Waals surface area contributed by atoms with Gasteiger partial charge in [0.15, 0.2) is 0 Å². The SMILES string of the molecule is Nc1ncc(F)c(Oc2ccc(Cl)cc2Br)n1. The van der Waals surface area contributed by atoms with Crippen LogP contribution in [-0.4, -0.2) is 9.97 Å². The zero-order valence-electron chi connectivity index (χ0n) is 8.32. The minimum atomic E-state index is -0.693. The van der Waals surface area contributed by atoms with Gasteiger partial charge in [0.2, 0.25) is 11.8 Å². The topological polar surface area (TPSA) is 61.0 Å². The van der Waals surface area contributed by atoms with E-state index in [9.17, 15) is 4.39 Å². The molecule has 0 atom stereocenters. The van der Waals surface area contributed by atoms with Crippen LogP contribution in [0.5, 0.6) is 11.6 Å². The van der Waals surface area contributed by atoms with E-state index in [2.05, 4.69) is 25.9 Å². The zero-order valence-corrected chi connectivity index (χ0v) is 10.7. The first kappa shape index (κ1) is 12.1. The van der Waals surface area contributed by atoms with Crippen LogP contribution in [0.4, 0.5) is 10.3 Å². The second-order valence-electron chi connectivity index (χ2n) is 3.06. The number of nitrogens with two attached hydrogens (primary N) is 1. The number of rotatable bonds is 2. The molecule has 0 amide bonds. The first-order valence-electron chi connectivity index (χ1n) is 4.47. The maximum atomic E-state index is 13.3.